The summed E-state index contributed by atoms with van der Waals surface area (Å²) in [6.45, 7) is 4.42. The molecule has 1 heterocycles. The zero-order valence-electron chi connectivity index (χ0n) is 11.2. The predicted octanol–water partition coefficient (Wildman–Crippen LogP) is 1.71. The molecule has 1 aliphatic heterocycles. The van der Waals surface area contributed by atoms with Crippen LogP contribution in [0.2, 0.25) is 0 Å². The van der Waals surface area contributed by atoms with Gasteiger partial charge in [-0.2, -0.15) is 0 Å². The van der Waals surface area contributed by atoms with E-state index in [-0.39, 0.29) is 11.4 Å². The van der Waals surface area contributed by atoms with Crippen LogP contribution in [-0.4, -0.2) is 25.1 Å². The SMILES string of the molecule is CN1C(=O)CCOc2ccc(CC(C)(C)N)cc21. The first-order valence-corrected chi connectivity index (χ1v) is 6.18. The number of amides is 1. The van der Waals surface area contributed by atoms with Gasteiger partial charge in [0.05, 0.1) is 18.7 Å². The van der Waals surface area contributed by atoms with Crippen molar-refractivity contribution >= 4 is 11.6 Å². The van der Waals surface area contributed by atoms with Gasteiger partial charge in [-0.05, 0) is 38.0 Å². The molecule has 98 valence electrons. The van der Waals surface area contributed by atoms with E-state index in [1.165, 1.54) is 0 Å². The Morgan fingerprint density at radius 1 is 1.44 bits per heavy atom. The fraction of sp³-hybridized carbons (Fsp3) is 0.500. The number of hydrogen-bond donors (Lipinski definition) is 1. The number of nitrogens with zero attached hydrogens (tertiary/aromatic N) is 1. The van der Waals surface area contributed by atoms with Gasteiger partial charge < -0.3 is 15.4 Å². The lowest BCUT2D eigenvalue weighted by Crippen LogP contribution is -2.34. The number of rotatable bonds is 2. The molecule has 4 heteroatoms. The summed E-state index contributed by atoms with van der Waals surface area (Å²) < 4.78 is 5.58. The van der Waals surface area contributed by atoms with E-state index in [2.05, 4.69) is 0 Å². The zero-order valence-corrected chi connectivity index (χ0v) is 11.2. The van der Waals surface area contributed by atoms with E-state index in [0.29, 0.717) is 13.0 Å². The van der Waals surface area contributed by atoms with Gasteiger partial charge in [0, 0.05) is 12.6 Å². The van der Waals surface area contributed by atoms with Crippen LogP contribution in [0.25, 0.3) is 0 Å². The maximum absolute atomic E-state index is 11.8. The quantitative estimate of drug-likeness (QED) is 0.867. The Labute approximate surface area is 108 Å². The summed E-state index contributed by atoms with van der Waals surface area (Å²) >= 11 is 0. The van der Waals surface area contributed by atoms with Crippen LogP contribution in [-0.2, 0) is 11.2 Å². The Morgan fingerprint density at radius 3 is 2.83 bits per heavy atom. The Bertz CT molecular complexity index is 463. The van der Waals surface area contributed by atoms with Crippen LogP contribution in [0.3, 0.4) is 0 Å². The van der Waals surface area contributed by atoms with E-state index < -0.39 is 0 Å². The number of nitrogens with two attached hydrogens (primary N) is 1. The normalized spacial score (nSPS) is 16.0. The number of anilines is 1. The van der Waals surface area contributed by atoms with Crippen LogP contribution in [0.4, 0.5) is 5.69 Å². The van der Waals surface area contributed by atoms with Crippen molar-refractivity contribution in [1.82, 2.24) is 0 Å². The van der Waals surface area contributed by atoms with Crippen LogP contribution < -0.4 is 15.4 Å². The summed E-state index contributed by atoms with van der Waals surface area (Å²) in [6.07, 6.45) is 1.19. The molecule has 0 radical (unpaired) electrons. The average Bonchev–Trinajstić information content (AvgIpc) is 2.39. The van der Waals surface area contributed by atoms with Gasteiger partial charge in [0.25, 0.3) is 0 Å². The van der Waals surface area contributed by atoms with E-state index in [1.54, 1.807) is 11.9 Å². The van der Waals surface area contributed by atoms with E-state index in [0.717, 1.165) is 23.4 Å². The van der Waals surface area contributed by atoms with Gasteiger partial charge in [-0.1, -0.05) is 6.07 Å². The minimum atomic E-state index is -0.262. The summed E-state index contributed by atoms with van der Waals surface area (Å²) in [5.74, 6) is 0.847. The summed E-state index contributed by atoms with van der Waals surface area (Å²) in [5, 5.41) is 0. The lowest BCUT2D eigenvalue weighted by atomic mass is 9.96. The molecule has 0 aromatic heterocycles. The van der Waals surface area contributed by atoms with Crippen molar-refractivity contribution in [1.29, 1.82) is 0 Å². The summed E-state index contributed by atoms with van der Waals surface area (Å²) in [4.78, 5) is 13.5. The summed E-state index contributed by atoms with van der Waals surface area (Å²) in [7, 11) is 1.78. The molecule has 4 nitrogen and oxygen atoms in total. The van der Waals surface area contributed by atoms with Crippen LogP contribution >= 0.6 is 0 Å². The van der Waals surface area contributed by atoms with Gasteiger partial charge in [-0.25, -0.2) is 0 Å². The van der Waals surface area contributed by atoms with Crippen molar-refractivity contribution in [2.75, 3.05) is 18.6 Å². The van der Waals surface area contributed by atoms with Crippen molar-refractivity contribution in [3.8, 4) is 5.75 Å². The van der Waals surface area contributed by atoms with Crippen LogP contribution in [0.15, 0.2) is 18.2 Å². The molecule has 0 atom stereocenters. The molecular formula is C14H20N2O2. The second-order valence-corrected chi connectivity index (χ2v) is 5.52. The highest BCUT2D eigenvalue weighted by Gasteiger charge is 2.21. The zero-order chi connectivity index (χ0) is 13.3. The Morgan fingerprint density at radius 2 is 2.17 bits per heavy atom. The first-order chi connectivity index (χ1) is 8.37. The van der Waals surface area contributed by atoms with Gasteiger partial charge in [-0.3, -0.25) is 4.79 Å². The van der Waals surface area contributed by atoms with Crippen LogP contribution in [0.1, 0.15) is 25.8 Å². The molecule has 0 bridgehead atoms. The van der Waals surface area contributed by atoms with E-state index in [1.807, 2.05) is 32.0 Å². The van der Waals surface area contributed by atoms with E-state index >= 15 is 0 Å². The lowest BCUT2D eigenvalue weighted by Gasteiger charge is -2.21. The summed E-state index contributed by atoms with van der Waals surface area (Å²) in [6, 6.07) is 5.93. The molecule has 1 aromatic rings. The maximum Gasteiger partial charge on any atom is 0.230 e. The molecule has 0 fully saturated rings. The molecule has 1 aliphatic rings. The average molecular weight is 248 g/mol. The highest BCUT2D eigenvalue weighted by atomic mass is 16.5. The Kier molecular flexibility index (Phi) is 3.30. The molecule has 2 rings (SSSR count). The van der Waals surface area contributed by atoms with Crippen molar-refractivity contribution < 1.29 is 9.53 Å². The van der Waals surface area contributed by atoms with Gasteiger partial charge in [0.15, 0.2) is 0 Å². The molecule has 0 saturated heterocycles. The Balaban J connectivity index is 2.35. The fourth-order valence-corrected chi connectivity index (χ4v) is 2.13. The molecule has 0 aliphatic carbocycles. The molecule has 2 N–H and O–H groups in total. The van der Waals surface area contributed by atoms with Crippen LogP contribution in [0.5, 0.6) is 5.75 Å². The Hall–Kier alpha value is -1.55. The molecule has 1 aromatic carbocycles. The third-order valence-corrected chi connectivity index (χ3v) is 2.99. The van der Waals surface area contributed by atoms with E-state index in [9.17, 15) is 4.79 Å². The predicted molar refractivity (Wildman–Crippen MR) is 71.9 cm³/mol. The number of fused-ring (bicyclic) bond motifs is 1. The standard InChI is InChI=1S/C14H20N2O2/c1-14(2,15)9-10-4-5-12-11(8-10)16(3)13(17)6-7-18-12/h4-5,8H,6-7,9,15H2,1-3H3. The number of carbonyl (C=O) groups excluding carboxylic acids is 1. The number of carbonyl (C=O) groups is 1. The number of benzene rings is 1. The molecular weight excluding hydrogens is 228 g/mol. The maximum atomic E-state index is 11.8. The smallest absolute Gasteiger partial charge is 0.230 e. The number of hydrogen-bond acceptors (Lipinski definition) is 3. The second-order valence-electron chi connectivity index (χ2n) is 5.52. The molecule has 0 unspecified atom stereocenters. The third kappa shape index (κ3) is 2.82. The topological polar surface area (TPSA) is 55.6 Å². The molecule has 0 spiro atoms. The van der Waals surface area contributed by atoms with E-state index in [4.69, 9.17) is 10.5 Å². The lowest BCUT2D eigenvalue weighted by molar-refractivity contribution is -0.118. The second kappa shape index (κ2) is 4.61. The van der Waals surface area contributed by atoms with Gasteiger partial charge in [0.2, 0.25) is 5.91 Å². The fourth-order valence-electron chi connectivity index (χ4n) is 2.13. The molecule has 18 heavy (non-hydrogen) atoms. The minimum absolute atomic E-state index is 0.0814. The highest BCUT2D eigenvalue weighted by molar-refractivity contribution is 5.95. The van der Waals surface area contributed by atoms with Gasteiger partial charge in [-0.15, -0.1) is 0 Å². The monoisotopic (exact) mass is 248 g/mol. The summed E-state index contributed by atoms with van der Waals surface area (Å²) in [5.41, 5.74) is 7.71. The minimum Gasteiger partial charge on any atom is -0.491 e. The molecule has 1 amide bonds. The third-order valence-electron chi connectivity index (χ3n) is 2.99. The highest BCUT2D eigenvalue weighted by Crippen LogP contribution is 2.32. The van der Waals surface area contributed by atoms with Crippen LogP contribution in [0, 0.1) is 0 Å². The van der Waals surface area contributed by atoms with Crippen molar-refractivity contribution in [3.63, 3.8) is 0 Å². The van der Waals surface area contributed by atoms with Gasteiger partial charge >= 0.3 is 0 Å². The van der Waals surface area contributed by atoms with Crippen molar-refractivity contribution in [2.45, 2.75) is 32.2 Å². The largest absolute Gasteiger partial charge is 0.491 e. The number of ether oxygens (including phenoxy) is 1. The first-order valence-electron chi connectivity index (χ1n) is 6.18. The molecule has 0 saturated carbocycles. The van der Waals surface area contributed by atoms with Crippen molar-refractivity contribution in [3.05, 3.63) is 23.8 Å². The first kappa shape index (κ1) is 12.9. The van der Waals surface area contributed by atoms with Crippen molar-refractivity contribution in [2.24, 2.45) is 5.73 Å². The van der Waals surface area contributed by atoms with Gasteiger partial charge in [0.1, 0.15) is 5.75 Å².